The Bertz CT molecular complexity index is 405. The topological polar surface area (TPSA) is 24.5 Å². The van der Waals surface area contributed by atoms with Crippen LogP contribution in [0.5, 0.6) is 5.75 Å². The maximum atomic E-state index is 5.57. The number of nitrogens with one attached hydrogen (secondary N) is 1. The van der Waals surface area contributed by atoms with E-state index >= 15 is 0 Å². The van der Waals surface area contributed by atoms with Gasteiger partial charge in [0.05, 0.1) is 7.11 Å². The molecule has 19 heavy (non-hydrogen) atoms. The van der Waals surface area contributed by atoms with Crippen molar-refractivity contribution < 1.29 is 4.74 Å². The molecular weight excluding hydrogens is 236 g/mol. The van der Waals surface area contributed by atoms with Crippen LogP contribution < -0.4 is 10.1 Å². The first-order valence-electron chi connectivity index (χ1n) is 7.22. The van der Waals surface area contributed by atoms with E-state index in [0.717, 1.165) is 12.3 Å². The third kappa shape index (κ3) is 2.93. The second kappa shape index (κ2) is 6.40. The van der Waals surface area contributed by atoms with Gasteiger partial charge in [-0.05, 0) is 52.4 Å². The first-order valence-corrected chi connectivity index (χ1v) is 7.22. The Morgan fingerprint density at radius 1 is 1.37 bits per heavy atom. The molecule has 1 aromatic rings. The number of rotatable bonds is 5. The number of likely N-dealkylation sites (tertiary alicyclic amines) is 1. The molecule has 1 aliphatic rings. The lowest BCUT2D eigenvalue weighted by atomic mass is 9.92. The summed E-state index contributed by atoms with van der Waals surface area (Å²) in [6.07, 6.45) is 1.25. The molecule has 1 N–H and O–H groups in total. The van der Waals surface area contributed by atoms with E-state index in [4.69, 9.17) is 4.74 Å². The molecule has 2 unspecified atom stereocenters. The molecule has 2 rings (SSSR count). The van der Waals surface area contributed by atoms with Crippen LogP contribution in [0, 0.1) is 5.92 Å². The van der Waals surface area contributed by atoms with Crippen molar-refractivity contribution in [2.75, 3.05) is 27.2 Å². The molecule has 106 valence electrons. The van der Waals surface area contributed by atoms with Crippen LogP contribution in [0.1, 0.15) is 31.9 Å². The number of hydrogen-bond acceptors (Lipinski definition) is 3. The Morgan fingerprint density at radius 2 is 2.11 bits per heavy atom. The quantitative estimate of drug-likeness (QED) is 0.883. The van der Waals surface area contributed by atoms with E-state index in [1.54, 1.807) is 7.11 Å². The molecule has 0 radical (unpaired) electrons. The fourth-order valence-electron chi connectivity index (χ4n) is 3.28. The second-order valence-electron chi connectivity index (χ2n) is 5.62. The highest BCUT2D eigenvalue weighted by Gasteiger charge is 2.37. The van der Waals surface area contributed by atoms with Crippen molar-refractivity contribution in [3.05, 3.63) is 29.8 Å². The first-order chi connectivity index (χ1) is 9.19. The predicted molar refractivity (Wildman–Crippen MR) is 79.6 cm³/mol. The Hall–Kier alpha value is -1.06. The van der Waals surface area contributed by atoms with Crippen LogP contribution in [0.3, 0.4) is 0 Å². The van der Waals surface area contributed by atoms with Crippen LogP contribution in [-0.2, 0) is 0 Å². The normalized spacial score (nSPS) is 24.1. The van der Waals surface area contributed by atoms with Crippen molar-refractivity contribution >= 4 is 0 Å². The zero-order chi connectivity index (χ0) is 13.8. The Kier molecular flexibility index (Phi) is 4.83. The van der Waals surface area contributed by atoms with Gasteiger partial charge in [0.15, 0.2) is 0 Å². The lowest BCUT2D eigenvalue weighted by Crippen LogP contribution is -2.34. The smallest absolute Gasteiger partial charge is 0.123 e. The van der Waals surface area contributed by atoms with Crippen LogP contribution in [0.4, 0.5) is 0 Å². The summed E-state index contributed by atoms with van der Waals surface area (Å²) in [4.78, 5) is 2.60. The van der Waals surface area contributed by atoms with E-state index < -0.39 is 0 Å². The lowest BCUT2D eigenvalue weighted by Gasteiger charge is -2.32. The standard InChI is InChI=1S/C16H26N2O/c1-12(2)18-10-9-13(11-17-3)16(18)14-7-5-6-8-15(14)19-4/h5-8,12-13,16-17H,9-11H2,1-4H3. The van der Waals surface area contributed by atoms with Crippen molar-refractivity contribution in [2.24, 2.45) is 5.92 Å². The van der Waals surface area contributed by atoms with E-state index in [1.807, 2.05) is 13.1 Å². The molecule has 2 atom stereocenters. The van der Waals surface area contributed by atoms with Crippen molar-refractivity contribution in [1.29, 1.82) is 0 Å². The predicted octanol–water partition coefficient (Wildman–Crippen LogP) is 2.69. The molecule has 1 aliphatic heterocycles. The van der Waals surface area contributed by atoms with Crippen molar-refractivity contribution in [3.63, 3.8) is 0 Å². The Morgan fingerprint density at radius 3 is 2.74 bits per heavy atom. The van der Waals surface area contributed by atoms with Crippen LogP contribution in [-0.4, -0.2) is 38.2 Å². The maximum absolute atomic E-state index is 5.57. The number of hydrogen-bond donors (Lipinski definition) is 1. The van der Waals surface area contributed by atoms with Gasteiger partial charge in [0, 0.05) is 17.6 Å². The molecule has 3 nitrogen and oxygen atoms in total. The maximum Gasteiger partial charge on any atom is 0.123 e. The summed E-state index contributed by atoms with van der Waals surface area (Å²) in [5, 5.41) is 3.34. The molecule has 0 aromatic heterocycles. The third-order valence-corrected chi connectivity index (χ3v) is 4.15. The Balaban J connectivity index is 2.34. The van der Waals surface area contributed by atoms with Crippen molar-refractivity contribution in [3.8, 4) is 5.75 Å². The molecule has 3 heteroatoms. The summed E-state index contributed by atoms with van der Waals surface area (Å²) >= 11 is 0. The summed E-state index contributed by atoms with van der Waals surface area (Å²) in [6, 6.07) is 9.48. The van der Waals surface area contributed by atoms with Crippen molar-refractivity contribution in [2.45, 2.75) is 32.4 Å². The monoisotopic (exact) mass is 262 g/mol. The molecule has 0 spiro atoms. The van der Waals surface area contributed by atoms with Crippen LogP contribution in [0.25, 0.3) is 0 Å². The van der Waals surface area contributed by atoms with E-state index in [2.05, 4.69) is 42.3 Å². The molecule has 1 aromatic carbocycles. The molecule has 0 bridgehead atoms. The number of para-hydroxylation sites is 1. The highest BCUT2D eigenvalue weighted by Crippen LogP contribution is 2.41. The van der Waals surface area contributed by atoms with E-state index in [-0.39, 0.29) is 0 Å². The zero-order valence-electron chi connectivity index (χ0n) is 12.5. The van der Waals surface area contributed by atoms with Gasteiger partial charge in [0.25, 0.3) is 0 Å². The number of nitrogens with zero attached hydrogens (tertiary/aromatic N) is 1. The summed E-state index contributed by atoms with van der Waals surface area (Å²) in [5.74, 6) is 1.67. The van der Waals surface area contributed by atoms with Gasteiger partial charge >= 0.3 is 0 Å². The summed E-state index contributed by atoms with van der Waals surface area (Å²) in [7, 11) is 3.80. The van der Waals surface area contributed by atoms with Crippen LogP contribution >= 0.6 is 0 Å². The highest BCUT2D eigenvalue weighted by molar-refractivity contribution is 5.37. The molecule has 1 heterocycles. The van der Waals surface area contributed by atoms with E-state index in [9.17, 15) is 0 Å². The molecule has 0 aliphatic carbocycles. The summed E-state index contributed by atoms with van der Waals surface area (Å²) in [6.45, 7) is 6.80. The molecular formula is C16H26N2O. The molecule has 0 amide bonds. The largest absolute Gasteiger partial charge is 0.496 e. The van der Waals surface area contributed by atoms with E-state index in [0.29, 0.717) is 18.0 Å². The minimum Gasteiger partial charge on any atom is -0.496 e. The van der Waals surface area contributed by atoms with Crippen molar-refractivity contribution in [1.82, 2.24) is 10.2 Å². The van der Waals surface area contributed by atoms with Gasteiger partial charge in [-0.15, -0.1) is 0 Å². The average molecular weight is 262 g/mol. The first kappa shape index (κ1) is 14.4. The lowest BCUT2D eigenvalue weighted by molar-refractivity contribution is 0.179. The van der Waals surface area contributed by atoms with Gasteiger partial charge in [-0.1, -0.05) is 18.2 Å². The SMILES string of the molecule is CNCC1CCN(C(C)C)C1c1ccccc1OC. The Labute approximate surface area is 116 Å². The van der Waals surface area contributed by atoms with Crippen LogP contribution in [0.15, 0.2) is 24.3 Å². The minimum absolute atomic E-state index is 0.462. The van der Waals surface area contributed by atoms with Gasteiger partial charge < -0.3 is 10.1 Å². The third-order valence-electron chi connectivity index (χ3n) is 4.15. The van der Waals surface area contributed by atoms with Gasteiger partial charge in [-0.2, -0.15) is 0 Å². The zero-order valence-corrected chi connectivity index (χ0v) is 12.5. The van der Waals surface area contributed by atoms with Gasteiger partial charge in [-0.3, -0.25) is 4.90 Å². The average Bonchev–Trinajstić information content (AvgIpc) is 2.83. The molecule has 1 fully saturated rings. The fraction of sp³-hybridized carbons (Fsp3) is 0.625. The molecule has 1 saturated heterocycles. The summed E-state index contributed by atoms with van der Waals surface area (Å²) in [5.41, 5.74) is 1.33. The summed E-state index contributed by atoms with van der Waals surface area (Å²) < 4.78 is 5.57. The van der Waals surface area contributed by atoms with Crippen LogP contribution in [0.2, 0.25) is 0 Å². The number of methoxy groups -OCH3 is 1. The van der Waals surface area contributed by atoms with E-state index in [1.165, 1.54) is 18.5 Å². The number of ether oxygens (including phenoxy) is 1. The number of benzene rings is 1. The van der Waals surface area contributed by atoms with Gasteiger partial charge in [0.1, 0.15) is 5.75 Å². The second-order valence-corrected chi connectivity index (χ2v) is 5.62. The highest BCUT2D eigenvalue weighted by atomic mass is 16.5. The minimum atomic E-state index is 0.462. The fourth-order valence-corrected chi connectivity index (χ4v) is 3.28. The molecule has 0 saturated carbocycles. The van der Waals surface area contributed by atoms with Gasteiger partial charge in [-0.25, -0.2) is 0 Å². The van der Waals surface area contributed by atoms with Gasteiger partial charge in [0.2, 0.25) is 0 Å².